The van der Waals surface area contributed by atoms with E-state index in [1.54, 1.807) is 7.11 Å². The molecule has 0 aliphatic carbocycles. The van der Waals surface area contributed by atoms with Crippen LogP contribution >= 0.6 is 0 Å². The zero-order valence-corrected chi connectivity index (χ0v) is 12.6. The Bertz CT molecular complexity index is 427. The number of hydrogen-bond acceptors (Lipinski definition) is 2. The maximum Gasteiger partial charge on any atom is 0.223 e. The fraction of sp³-hybridized carbons (Fsp3) is 0.588. The van der Waals surface area contributed by atoms with E-state index in [1.807, 2.05) is 0 Å². The first-order valence-electron chi connectivity index (χ1n) is 7.57. The van der Waals surface area contributed by atoms with Gasteiger partial charge in [0.15, 0.2) is 0 Å². The van der Waals surface area contributed by atoms with Crippen molar-refractivity contribution in [1.29, 1.82) is 0 Å². The van der Waals surface area contributed by atoms with Gasteiger partial charge in [-0.1, -0.05) is 29.8 Å². The summed E-state index contributed by atoms with van der Waals surface area (Å²) in [6, 6.07) is 8.87. The number of nitrogens with zero attached hydrogens (tertiary/aromatic N) is 1. The van der Waals surface area contributed by atoms with Gasteiger partial charge in [-0.05, 0) is 38.2 Å². The zero-order chi connectivity index (χ0) is 14.4. The molecule has 1 fully saturated rings. The minimum absolute atomic E-state index is 0.263. The van der Waals surface area contributed by atoms with Crippen LogP contribution in [0, 0.1) is 6.92 Å². The van der Waals surface area contributed by atoms with Gasteiger partial charge in [-0.3, -0.25) is 4.79 Å². The van der Waals surface area contributed by atoms with Crippen LogP contribution in [-0.4, -0.2) is 31.1 Å². The van der Waals surface area contributed by atoms with Crippen molar-refractivity contribution in [2.75, 3.05) is 20.3 Å². The van der Waals surface area contributed by atoms with Gasteiger partial charge < -0.3 is 9.64 Å². The lowest BCUT2D eigenvalue weighted by Crippen LogP contribution is -2.38. The molecule has 1 aromatic carbocycles. The van der Waals surface area contributed by atoms with E-state index in [0.717, 1.165) is 25.8 Å². The maximum absolute atomic E-state index is 12.4. The quantitative estimate of drug-likeness (QED) is 0.770. The number of methoxy groups -OCH3 is 1. The van der Waals surface area contributed by atoms with Crippen molar-refractivity contribution in [2.24, 2.45) is 0 Å². The predicted molar refractivity (Wildman–Crippen MR) is 80.6 cm³/mol. The summed E-state index contributed by atoms with van der Waals surface area (Å²) in [6.07, 6.45) is 4.82. The lowest BCUT2D eigenvalue weighted by atomic mass is 9.94. The highest BCUT2D eigenvalue weighted by atomic mass is 16.5. The van der Waals surface area contributed by atoms with E-state index in [2.05, 4.69) is 36.1 Å². The van der Waals surface area contributed by atoms with Crippen molar-refractivity contribution < 1.29 is 9.53 Å². The number of hydrogen-bond donors (Lipinski definition) is 0. The van der Waals surface area contributed by atoms with Crippen LogP contribution < -0.4 is 0 Å². The summed E-state index contributed by atoms with van der Waals surface area (Å²) in [5.74, 6) is 0.271. The third kappa shape index (κ3) is 3.83. The second-order valence-corrected chi connectivity index (χ2v) is 5.61. The minimum Gasteiger partial charge on any atom is -0.385 e. The molecule has 0 spiro atoms. The summed E-state index contributed by atoms with van der Waals surface area (Å²) >= 11 is 0. The van der Waals surface area contributed by atoms with E-state index >= 15 is 0 Å². The van der Waals surface area contributed by atoms with Gasteiger partial charge >= 0.3 is 0 Å². The summed E-state index contributed by atoms with van der Waals surface area (Å²) in [4.78, 5) is 14.5. The van der Waals surface area contributed by atoms with Crippen molar-refractivity contribution in [1.82, 2.24) is 4.90 Å². The predicted octanol–water partition coefficient (Wildman–Crippen LogP) is 3.48. The Morgan fingerprint density at radius 3 is 2.75 bits per heavy atom. The number of carbonyl (C=O) groups is 1. The van der Waals surface area contributed by atoms with E-state index in [1.165, 1.54) is 17.5 Å². The molecule has 110 valence electrons. The minimum atomic E-state index is 0.263. The Kier molecular flexibility index (Phi) is 5.60. The van der Waals surface area contributed by atoms with Gasteiger partial charge in [0.05, 0.1) is 6.04 Å². The van der Waals surface area contributed by atoms with Crippen molar-refractivity contribution in [2.45, 2.75) is 45.1 Å². The molecule has 1 aliphatic rings. The molecule has 0 N–H and O–H groups in total. The molecule has 0 bridgehead atoms. The molecule has 1 heterocycles. The number of benzene rings is 1. The molecule has 0 aromatic heterocycles. The van der Waals surface area contributed by atoms with E-state index < -0.39 is 0 Å². The van der Waals surface area contributed by atoms with Gasteiger partial charge in [0.1, 0.15) is 0 Å². The average molecular weight is 275 g/mol. The number of carbonyl (C=O) groups excluding carboxylic acids is 1. The van der Waals surface area contributed by atoms with Crippen LogP contribution in [0.25, 0.3) is 0 Å². The van der Waals surface area contributed by atoms with Crippen LogP contribution in [0.5, 0.6) is 0 Å². The second-order valence-electron chi connectivity index (χ2n) is 5.61. The van der Waals surface area contributed by atoms with Crippen LogP contribution in [-0.2, 0) is 9.53 Å². The average Bonchev–Trinajstić information content (AvgIpc) is 2.48. The lowest BCUT2D eigenvalue weighted by Gasteiger charge is -2.36. The van der Waals surface area contributed by atoms with Crippen molar-refractivity contribution in [3.8, 4) is 0 Å². The molecule has 1 amide bonds. The second kappa shape index (κ2) is 7.44. The molecular formula is C17H25NO2. The van der Waals surface area contributed by atoms with Crippen molar-refractivity contribution in [3.63, 3.8) is 0 Å². The standard InChI is InChI=1S/C17H25NO2/c1-14-8-10-15(11-9-14)16-6-3-4-12-18(16)17(19)7-5-13-20-2/h8-11,16H,3-7,12-13H2,1-2H3/t16-/m0/s1. The van der Waals surface area contributed by atoms with E-state index in [-0.39, 0.29) is 11.9 Å². The van der Waals surface area contributed by atoms with Crippen LogP contribution in [0.2, 0.25) is 0 Å². The summed E-state index contributed by atoms with van der Waals surface area (Å²) < 4.78 is 5.03. The van der Waals surface area contributed by atoms with Gasteiger partial charge in [0, 0.05) is 26.7 Å². The number of rotatable bonds is 5. The molecule has 1 saturated heterocycles. The van der Waals surface area contributed by atoms with Gasteiger partial charge in [-0.25, -0.2) is 0 Å². The van der Waals surface area contributed by atoms with Crippen molar-refractivity contribution in [3.05, 3.63) is 35.4 Å². The molecule has 20 heavy (non-hydrogen) atoms. The third-order valence-electron chi connectivity index (χ3n) is 4.02. The Labute approximate surface area is 121 Å². The number of likely N-dealkylation sites (tertiary alicyclic amines) is 1. The number of amides is 1. The number of aryl methyl sites for hydroxylation is 1. The van der Waals surface area contributed by atoms with Crippen LogP contribution in [0.4, 0.5) is 0 Å². The molecule has 3 nitrogen and oxygen atoms in total. The molecule has 0 radical (unpaired) electrons. The zero-order valence-electron chi connectivity index (χ0n) is 12.6. The monoisotopic (exact) mass is 275 g/mol. The molecule has 2 rings (SSSR count). The first-order valence-corrected chi connectivity index (χ1v) is 7.57. The van der Waals surface area contributed by atoms with Gasteiger partial charge in [0.25, 0.3) is 0 Å². The number of ether oxygens (including phenoxy) is 1. The van der Waals surface area contributed by atoms with Gasteiger partial charge in [-0.2, -0.15) is 0 Å². The Morgan fingerprint density at radius 1 is 1.30 bits per heavy atom. The molecular weight excluding hydrogens is 250 g/mol. The highest BCUT2D eigenvalue weighted by Crippen LogP contribution is 2.31. The number of piperidine rings is 1. The van der Waals surface area contributed by atoms with Gasteiger partial charge in [-0.15, -0.1) is 0 Å². The normalized spacial score (nSPS) is 19.1. The third-order valence-corrected chi connectivity index (χ3v) is 4.02. The molecule has 1 aliphatic heterocycles. The van der Waals surface area contributed by atoms with E-state index in [0.29, 0.717) is 13.0 Å². The fourth-order valence-corrected chi connectivity index (χ4v) is 2.88. The highest BCUT2D eigenvalue weighted by molar-refractivity contribution is 5.76. The maximum atomic E-state index is 12.4. The van der Waals surface area contributed by atoms with Gasteiger partial charge in [0.2, 0.25) is 5.91 Å². The summed E-state index contributed by atoms with van der Waals surface area (Å²) in [7, 11) is 1.68. The first-order chi connectivity index (χ1) is 9.72. The highest BCUT2D eigenvalue weighted by Gasteiger charge is 2.27. The van der Waals surface area contributed by atoms with Crippen LogP contribution in [0.1, 0.15) is 49.3 Å². The van der Waals surface area contributed by atoms with Crippen LogP contribution in [0.3, 0.4) is 0 Å². The Morgan fingerprint density at radius 2 is 2.05 bits per heavy atom. The van der Waals surface area contributed by atoms with E-state index in [9.17, 15) is 4.79 Å². The molecule has 1 atom stereocenters. The largest absolute Gasteiger partial charge is 0.385 e. The Hall–Kier alpha value is -1.35. The van der Waals surface area contributed by atoms with E-state index in [4.69, 9.17) is 4.74 Å². The molecule has 1 aromatic rings. The summed E-state index contributed by atoms with van der Waals surface area (Å²) in [5, 5.41) is 0. The molecule has 3 heteroatoms. The molecule has 0 unspecified atom stereocenters. The first kappa shape index (κ1) is 15.0. The SMILES string of the molecule is COCCCC(=O)N1CCCC[C@H]1c1ccc(C)cc1. The summed E-state index contributed by atoms with van der Waals surface area (Å²) in [5.41, 5.74) is 2.54. The smallest absolute Gasteiger partial charge is 0.223 e. The molecule has 0 saturated carbocycles. The topological polar surface area (TPSA) is 29.5 Å². The fourth-order valence-electron chi connectivity index (χ4n) is 2.88. The summed E-state index contributed by atoms with van der Waals surface area (Å²) in [6.45, 7) is 3.65. The van der Waals surface area contributed by atoms with Crippen molar-refractivity contribution >= 4 is 5.91 Å². The lowest BCUT2D eigenvalue weighted by molar-refractivity contribution is -0.135. The Balaban J connectivity index is 2.04. The van der Waals surface area contributed by atoms with Crippen LogP contribution in [0.15, 0.2) is 24.3 Å².